The zero-order valence-electron chi connectivity index (χ0n) is 7.47. The Kier molecular flexibility index (Phi) is 1.43. The molecule has 0 atom stereocenters. The molecule has 0 aliphatic rings. The van der Waals surface area contributed by atoms with E-state index in [1.54, 1.807) is 18.3 Å². The van der Waals surface area contributed by atoms with E-state index in [4.69, 9.17) is 4.11 Å². The topological polar surface area (TPSA) is 12.9 Å². The van der Waals surface area contributed by atoms with Gasteiger partial charge in [-0.25, -0.2) is 4.98 Å². The van der Waals surface area contributed by atoms with Crippen molar-refractivity contribution in [2.75, 3.05) is 6.18 Å². The Balaban J connectivity index is 2.83. The molecule has 0 saturated heterocycles. The lowest BCUT2D eigenvalue weighted by Gasteiger charge is -1.94. The predicted octanol–water partition coefficient (Wildman–Crippen LogP) is 2.57. The van der Waals surface area contributed by atoms with E-state index < -0.39 is 6.18 Å². The number of halogens is 1. The van der Waals surface area contributed by atoms with Crippen molar-refractivity contribution in [2.24, 2.45) is 0 Å². The summed E-state index contributed by atoms with van der Waals surface area (Å²) in [5.74, 6) is 0. The molecule has 0 unspecified atom stereocenters. The van der Waals surface area contributed by atoms with Crippen LogP contribution in [0.1, 0.15) is 4.11 Å². The zero-order valence-corrected chi connectivity index (χ0v) is 6.87. The van der Waals surface area contributed by atoms with Crippen molar-refractivity contribution in [2.45, 2.75) is 5.03 Å². The van der Waals surface area contributed by atoms with E-state index in [9.17, 15) is 0 Å². The number of pyridine rings is 1. The van der Waals surface area contributed by atoms with E-state index in [0.717, 1.165) is 11.8 Å². The van der Waals surface area contributed by atoms with Gasteiger partial charge in [-0.15, -0.1) is 11.8 Å². The fourth-order valence-corrected chi connectivity index (χ4v) is 1.22. The molecule has 0 saturated carbocycles. The number of hydrogen-bond acceptors (Lipinski definition) is 2. The lowest BCUT2D eigenvalue weighted by atomic mass is 10.5. The van der Waals surface area contributed by atoms with Crippen LogP contribution in [0.2, 0.25) is 0 Å². The van der Waals surface area contributed by atoms with Crippen LogP contribution in [0.4, 0.5) is 0 Å². The van der Waals surface area contributed by atoms with Gasteiger partial charge < -0.3 is 0 Å². The molecule has 1 heterocycles. The summed E-state index contributed by atoms with van der Waals surface area (Å²) in [4.78, 5) is 3.92. The minimum absolute atomic E-state index is 0.498. The van der Waals surface area contributed by atoms with Gasteiger partial charge in [-0.3, -0.25) is 0 Å². The third-order valence-corrected chi connectivity index (χ3v) is 2.24. The highest BCUT2D eigenvalue weighted by Crippen LogP contribution is 2.21. The minimum Gasteiger partial charge on any atom is -0.249 e. The Hall–Kier alpha value is -0.0200. The van der Waals surface area contributed by atoms with Crippen LogP contribution in [0.3, 0.4) is 0 Å². The smallest absolute Gasteiger partial charge is 0.110 e. The number of nitrogens with zero attached hydrogens (tertiary/aromatic N) is 1. The van der Waals surface area contributed by atoms with Crippen LogP contribution in [0.15, 0.2) is 27.8 Å². The van der Waals surface area contributed by atoms with Crippen molar-refractivity contribution < 1.29 is 4.11 Å². The summed E-state index contributed by atoms with van der Waals surface area (Å²) in [6.45, 7) is 0. The summed E-state index contributed by atoms with van der Waals surface area (Å²) in [6.07, 6.45) is -0.463. The van der Waals surface area contributed by atoms with Crippen molar-refractivity contribution in [3.63, 3.8) is 0 Å². The van der Waals surface area contributed by atoms with Gasteiger partial charge in [0.1, 0.15) is 5.03 Å². The molecule has 1 aromatic heterocycles. The first-order chi connectivity index (χ1) is 5.49. The molecule has 3 heteroatoms. The summed E-state index contributed by atoms with van der Waals surface area (Å²) in [5.41, 5.74) is 0. The van der Waals surface area contributed by atoms with Gasteiger partial charge in [0.25, 0.3) is 0 Å². The first kappa shape index (κ1) is 3.98. The van der Waals surface area contributed by atoms with Gasteiger partial charge in [0.05, 0.1) is 0 Å². The van der Waals surface area contributed by atoms with Crippen molar-refractivity contribution >= 4 is 27.7 Å². The summed E-state index contributed by atoms with van der Waals surface area (Å²) in [7, 11) is 0. The van der Waals surface area contributed by atoms with E-state index in [0.29, 0.717) is 9.50 Å². The fourth-order valence-electron chi connectivity index (χ4n) is 0.446. The highest BCUT2D eigenvalue weighted by Gasteiger charge is 1.94. The second kappa shape index (κ2) is 3.22. The summed E-state index contributed by atoms with van der Waals surface area (Å²) in [6, 6.07) is 3.51. The minimum atomic E-state index is -2.03. The average Bonchev–Trinajstić information content (AvgIpc) is 1.91. The van der Waals surface area contributed by atoms with Crippen LogP contribution in [-0.4, -0.2) is 11.2 Å². The molecule has 0 N–H and O–H groups in total. The normalized spacial score (nSPS) is 15.9. The SMILES string of the molecule is [2H]C([2H])([2H])Sc1ncccc1Br. The standard InChI is InChI=1S/C6H6BrNS/c1-9-6-5(7)3-2-4-8-6/h2-4H,1H3/i1D3. The summed E-state index contributed by atoms with van der Waals surface area (Å²) >= 11 is 3.98. The lowest BCUT2D eigenvalue weighted by Crippen LogP contribution is -1.76. The molecule has 0 aromatic carbocycles. The maximum absolute atomic E-state index is 7.00. The van der Waals surface area contributed by atoms with Crippen molar-refractivity contribution in [3.8, 4) is 0 Å². The molecular weight excluding hydrogens is 198 g/mol. The van der Waals surface area contributed by atoms with Gasteiger partial charge in [0.15, 0.2) is 0 Å². The van der Waals surface area contributed by atoms with Gasteiger partial charge in [0, 0.05) is 14.8 Å². The molecule has 9 heavy (non-hydrogen) atoms. The number of thioether (sulfide) groups is 1. The maximum Gasteiger partial charge on any atom is 0.110 e. The van der Waals surface area contributed by atoms with E-state index in [-0.39, 0.29) is 0 Å². The molecule has 0 radical (unpaired) electrons. The summed E-state index contributed by atoms with van der Waals surface area (Å²) < 4.78 is 21.7. The van der Waals surface area contributed by atoms with Gasteiger partial charge in [-0.2, -0.15) is 0 Å². The number of hydrogen-bond donors (Lipinski definition) is 0. The quantitative estimate of drug-likeness (QED) is 0.656. The Morgan fingerprint density at radius 2 is 2.78 bits per heavy atom. The second-order valence-electron chi connectivity index (χ2n) is 1.39. The average molecular weight is 207 g/mol. The van der Waals surface area contributed by atoms with Crippen molar-refractivity contribution in [3.05, 3.63) is 22.8 Å². The first-order valence-corrected chi connectivity index (χ1v) is 3.89. The van der Waals surface area contributed by atoms with Crippen LogP contribution in [-0.2, 0) is 0 Å². The molecule has 0 aliphatic heterocycles. The van der Waals surface area contributed by atoms with Crippen LogP contribution >= 0.6 is 27.7 Å². The van der Waals surface area contributed by atoms with E-state index >= 15 is 0 Å². The first-order valence-electron chi connectivity index (χ1n) is 3.78. The Morgan fingerprint density at radius 1 is 1.89 bits per heavy atom. The van der Waals surface area contributed by atoms with Crippen LogP contribution < -0.4 is 0 Å². The maximum atomic E-state index is 7.00. The molecule has 0 bridgehead atoms. The molecule has 1 nitrogen and oxygen atoms in total. The Labute approximate surface area is 71.2 Å². The van der Waals surface area contributed by atoms with Crippen LogP contribution in [0.5, 0.6) is 0 Å². The Morgan fingerprint density at radius 3 is 3.44 bits per heavy atom. The van der Waals surface area contributed by atoms with Gasteiger partial charge in [-0.1, -0.05) is 0 Å². The van der Waals surface area contributed by atoms with Gasteiger partial charge >= 0.3 is 0 Å². The summed E-state index contributed by atoms with van der Waals surface area (Å²) in [5, 5.41) is 0.498. The number of rotatable bonds is 1. The predicted molar refractivity (Wildman–Crippen MR) is 43.7 cm³/mol. The number of aromatic nitrogens is 1. The highest BCUT2D eigenvalue weighted by atomic mass is 79.9. The molecule has 48 valence electrons. The molecular formula is C6H6BrNS. The molecule has 0 fully saturated rings. The zero-order chi connectivity index (χ0) is 9.19. The largest absolute Gasteiger partial charge is 0.249 e. The molecule has 1 rings (SSSR count). The van der Waals surface area contributed by atoms with E-state index in [1.165, 1.54) is 0 Å². The van der Waals surface area contributed by atoms with Crippen LogP contribution in [0, 0.1) is 0 Å². The van der Waals surface area contributed by atoms with E-state index in [1.807, 2.05) is 0 Å². The molecule has 0 amide bonds. The molecule has 0 spiro atoms. The third-order valence-electron chi connectivity index (χ3n) is 0.821. The fraction of sp³-hybridized carbons (Fsp3) is 0.167. The monoisotopic (exact) mass is 206 g/mol. The second-order valence-corrected chi connectivity index (χ2v) is 2.84. The van der Waals surface area contributed by atoms with Gasteiger partial charge in [0.2, 0.25) is 0 Å². The van der Waals surface area contributed by atoms with Gasteiger partial charge in [-0.05, 0) is 34.2 Å². The third kappa shape index (κ3) is 1.69. The molecule has 0 aliphatic carbocycles. The van der Waals surface area contributed by atoms with E-state index in [2.05, 4.69) is 20.9 Å². The van der Waals surface area contributed by atoms with Crippen molar-refractivity contribution in [1.82, 2.24) is 4.98 Å². The molecule has 1 aromatic rings. The lowest BCUT2D eigenvalue weighted by molar-refractivity contribution is 1.11. The van der Waals surface area contributed by atoms with Crippen LogP contribution in [0.25, 0.3) is 0 Å². The van der Waals surface area contributed by atoms with Crippen molar-refractivity contribution in [1.29, 1.82) is 0 Å². The highest BCUT2D eigenvalue weighted by molar-refractivity contribution is 9.10. The Bertz CT molecular complexity index is 276.